The Hall–Kier alpha value is -2.88. The van der Waals surface area contributed by atoms with E-state index in [0.29, 0.717) is 5.56 Å². The third-order valence-corrected chi connectivity index (χ3v) is 3.86. The van der Waals surface area contributed by atoms with Crippen molar-refractivity contribution in [1.29, 1.82) is 0 Å². The van der Waals surface area contributed by atoms with Crippen molar-refractivity contribution < 1.29 is 36.2 Å². The van der Waals surface area contributed by atoms with Crippen LogP contribution < -0.4 is 20.1 Å². The maximum atomic E-state index is 13.2. The Morgan fingerprint density at radius 3 is 2.34 bits per heavy atom. The summed E-state index contributed by atoms with van der Waals surface area (Å²) in [6, 6.07) is 9.29. The van der Waals surface area contributed by atoms with Crippen LogP contribution in [0.3, 0.4) is 0 Å². The second-order valence-electron chi connectivity index (χ2n) is 5.91. The number of carbonyl (C=O) groups excluding carboxylic acids is 1. The van der Waals surface area contributed by atoms with Gasteiger partial charge in [-0.1, -0.05) is 36.4 Å². The van der Waals surface area contributed by atoms with Crippen LogP contribution in [0.5, 0.6) is 11.5 Å². The summed E-state index contributed by atoms with van der Waals surface area (Å²) in [6.45, 7) is -3.74. The number of ether oxygens (including phenoxy) is 2. The SMILES string of the molecule is COc1ccc(CNC(=O)CNC(c2ccccc2)C(F)(F)F)cc1OC(F)F. The molecule has 0 saturated heterocycles. The number of hydrogen-bond donors (Lipinski definition) is 2. The Kier molecular flexibility index (Phi) is 7.77. The summed E-state index contributed by atoms with van der Waals surface area (Å²) in [7, 11) is 1.28. The number of alkyl halides is 5. The van der Waals surface area contributed by atoms with Gasteiger partial charge in [-0.3, -0.25) is 10.1 Å². The molecular weight excluding hydrogens is 399 g/mol. The van der Waals surface area contributed by atoms with Crippen molar-refractivity contribution in [1.82, 2.24) is 10.6 Å². The van der Waals surface area contributed by atoms with Crippen molar-refractivity contribution in [2.45, 2.75) is 25.4 Å². The summed E-state index contributed by atoms with van der Waals surface area (Å²) >= 11 is 0. The highest BCUT2D eigenvalue weighted by molar-refractivity contribution is 5.78. The van der Waals surface area contributed by atoms with E-state index in [0.717, 1.165) is 0 Å². The Bertz CT molecular complexity index is 800. The average molecular weight is 418 g/mol. The van der Waals surface area contributed by atoms with Gasteiger partial charge in [-0.2, -0.15) is 22.0 Å². The second-order valence-corrected chi connectivity index (χ2v) is 5.91. The third kappa shape index (κ3) is 6.90. The molecule has 2 aromatic rings. The van der Waals surface area contributed by atoms with Crippen LogP contribution in [0.2, 0.25) is 0 Å². The minimum Gasteiger partial charge on any atom is -0.493 e. The largest absolute Gasteiger partial charge is 0.493 e. The standard InChI is InChI=1S/C19H19F5N2O3/c1-28-14-8-7-12(9-15(14)29-18(20)21)10-25-16(27)11-26-17(19(22,23)24)13-5-3-2-4-6-13/h2-9,17-18,26H,10-11H2,1H3,(H,25,27). The van der Waals surface area contributed by atoms with Crippen molar-refractivity contribution in [3.8, 4) is 11.5 Å². The van der Waals surface area contributed by atoms with Gasteiger partial charge in [0.2, 0.25) is 5.91 Å². The first-order valence-electron chi connectivity index (χ1n) is 8.44. The van der Waals surface area contributed by atoms with Crippen molar-refractivity contribution in [2.75, 3.05) is 13.7 Å². The van der Waals surface area contributed by atoms with Gasteiger partial charge in [0.15, 0.2) is 11.5 Å². The highest BCUT2D eigenvalue weighted by Crippen LogP contribution is 2.32. The highest BCUT2D eigenvalue weighted by atomic mass is 19.4. The molecule has 0 heterocycles. The number of amides is 1. The number of methoxy groups -OCH3 is 1. The minimum absolute atomic E-state index is 0.0169. The minimum atomic E-state index is -4.58. The number of benzene rings is 2. The zero-order valence-corrected chi connectivity index (χ0v) is 15.3. The number of hydrogen-bond acceptors (Lipinski definition) is 4. The molecule has 10 heteroatoms. The third-order valence-electron chi connectivity index (χ3n) is 3.86. The van der Waals surface area contributed by atoms with E-state index in [-0.39, 0.29) is 23.6 Å². The fourth-order valence-corrected chi connectivity index (χ4v) is 2.55. The monoisotopic (exact) mass is 418 g/mol. The van der Waals surface area contributed by atoms with Gasteiger partial charge in [-0.05, 0) is 23.3 Å². The normalized spacial score (nSPS) is 12.5. The van der Waals surface area contributed by atoms with E-state index in [2.05, 4.69) is 15.4 Å². The molecule has 1 atom stereocenters. The predicted octanol–water partition coefficient (Wildman–Crippen LogP) is 3.81. The average Bonchev–Trinajstić information content (AvgIpc) is 2.66. The topological polar surface area (TPSA) is 59.6 Å². The molecule has 0 radical (unpaired) electrons. The summed E-state index contributed by atoms with van der Waals surface area (Å²) in [6.07, 6.45) is -4.58. The van der Waals surface area contributed by atoms with E-state index in [1.807, 2.05) is 0 Å². The van der Waals surface area contributed by atoms with Crippen molar-refractivity contribution in [3.05, 3.63) is 59.7 Å². The van der Waals surface area contributed by atoms with Crippen LogP contribution in [0.25, 0.3) is 0 Å². The molecule has 0 aliphatic heterocycles. The quantitative estimate of drug-likeness (QED) is 0.609. The van der Waals surface area contributed by atoms with Crippen LogP contribution in [0, 0.1) is 0 Å². The molecule has 1 amide bonds. The lowest BCUT2D eigenvalue weighted by Crippen LogP contribution is -2.40. The van der Waals surface area contributed by atoms with Crippen LogP contribution in [0.1, 0.15) is 17.2 Å². The molecule has 29 heavy (non-hydrogen) atoms. The molecule has 0 aliphatic rings. The Labute approximate surface area is 163 Å². The predicted molar refractivity (Wildman–Crippen MR) is 94.7 cm³/mol. The van der Waals surface area contributed by atoms with Gasteiger partial charge in [0.1, 0.15) is 6.04 Å². The number of halogens is 5. The number of rotatable bonds is 9. The zero-order chi connectivity index (χ0) is 21.4. The first-order chi connectivity index (χ1) is 13.7. The molecule has 0 spiro atoms. The van der Waals surface area contributed by atoms with Crippen LogP contribution in [0.15, 0.2) is 48.5 Å². The molecule has 5 nitrogen and oxygen atoms in total. The van der Waals surface area contributed by atoms with E-state index >= 15 is 0 Å². The summed E-state index contributed by atoms with van der Waals surface area (Å²) in [5.74, 6) is -0.825. The second kappa shape index (κ2) is 10.1. The molecule has 2 aromatic carbocycles. The van der Waals surface area contributed by atoms with Crippen molar-refractivity contribution in [3.63, 3.8) is 0 Å². The molecule has 0 aromatic heterocycles. The van der Waals surface area contributed by atoms with E-state index in [4.69, 9.17) is 4.74 Å². The molecule has 0 saturated carbocycles. The number of carbonyl (C=O) groups is 1. The fraction of sp³-hybridized carbons (Fsp3) is 0.316. The molecule has 158 valence electrons. The number of nitrogens with one attached hydrogen (secondary N) is 2. The Morgan fingerprint density at radius 2 is 1.76 bits per heavy atom. The maximum Gasteiger partial charge on any atom is 0.407 e. The van der Waals surface area contributed by atoms with Gasteiger partial charge in [0.05, 0.1) is 13.7 Å². The van der Waals surface area contributed by atoms with Crippen LogP contribution >= 0.6 is 0 Å². The van der Waals surface area contributed by atoms with Crippen LogP contribution in [-0.4, -0.2) is 32.3 Å². The fourth-order valence-electron chi connectivity index (χ4n) is 2.55. The smallest absolute Gasteiger partial charge is 0.407 e. The van der Waals surface area contributed by atoms with Crippen LogP contribution in [-0.2, 0) is 11.3 Å². The van der Waals surface area contributed by atoms with Gasteiger partial charge in [0, 0.05) is 6.54 Å². The molecule has 0 aliphatic carbocycles. The Balaban J connectivity index is 1.95. The Morgan fingerprint density at radius 1 is 1.07 bits per heavy atom. The zero-order valence-electron chi connectivity index (χ0n) is 15.3. The first-order valence-corrected chi connectivity index (χ1v) is 8.44. The van der Waals surface area contributed by atoms with Gasteiger partial charge in [-0.15, -0.1) is 0 Å². The summed E-state index contributed by atoms with van der Waals surface area (Å²) in [4.78, 5) is 11.9. The van der Waals surface area contributed by atoms with Crippen molar-refractivity contribution >= 4 is 5.91 Å². The van der Waals surface area contributed by atoms with Gasteiger partial charge in [-0.25, -0.2) is 0 Å². The molecule has 0 bridgehead atoms. The van der Waals surface area contributed by atoms with Gasteiger partial charge < -0.3 is 14.8 Å². The highest BCUT2D eigenvalue weighted by Gasteiger charge is 2.40. The maximum absolute atomic E-state index is 13.2. The van der Waals surface area contributed by atoms with Crippen LogP contribution in [0.4, 0.5) is 22.0 Å². The molecule has 2 rings (SSSR count). The van der Waals surface area contributed by atoms with Crippen molar-refractivity contribution in [2.24, 2.45) is 0 Å². The molecular formula is C19H19F5N2O3. The summed E-state index contributed by atoms with van der Waals surface area (Å²) in [5, 5.41) is 4.61. The lowest BCUT2D eigenvalue weighted by Gasteiger charge is -2.22. The first kappa shape index (κ1) is 22.4. The van der Waals surface area contributed by atoms with Gasteiger partial charge >= 0.3 is 12.8 Å². The lowest BCUT2D eigenvalue weighted by atomic mass is 10.1. The van der Waals surface area contributed by atoms with E-state index in [1.165, 1.54) is 49.6 Å². The molecule has 2 N–H and O–H groups in total. The molecule has 0 fully saturated rings. The molecule has 1 unspecified atom stereocenters. The van der Waals surface area contributed by atoms with Gasteiger partial charge in [0.25, 0.3) is 0 Å². The van der Waals surface area contributed by atoms with E-state index < -0.39 is 31.3 Å². The van der Waals surface area contributed by atoms with E-state index in [9.17, 15) is 26.7 Å². The lowest BCUT2D eigenvalue weighted by molar-refractivity contribution is -0.158. The summed E-state index contributed by atoms with van der Waals surface area (Å²) < 4.78 is 73.9. The summed E-state index contributed by atoms with van der Waals surface area (Å²) in [5.41, 5.74) is 0.391. The van der Waals surface area contributed by atoms with E-state index in [1.54, 1.807) is 6.07 Å².